The van der Waals surface area contributed by atoms with Crippen molar-refractivity contribution < 1.29 is 14.3 Å². The van der Waals surface area contributed by atoms with Crippen LogP contribution in [0.5, 0.6) is 11.5 Å². The van der Waals surface area contributed by atoms with Crippen molar-refractivity contribution in [1.29, 1.82) is 0 Å². The number of methoxy groups -OCH3 is 2. The van der Waals surface area contributed by atoms with Crippen LogP contribution in [0, 0.1) is 0 Å². The predicted molar refractivity (Wildman–Crippen MR) is 121 cm³/mol. The molecule has 0 atom stereocenters. The number of aromatic nitrogens is 1. The average molecular weight is 439 g/mol. The summed E-state index contributed by atoms with van der Waals surface area (Å²) >= 11 is 7.67. The van der Waals surface area contributed by atoms with Crippen LogP contribution in [-0.2, 0) is 11.2 Å². The van der Waals surface area contributed by atoms with Crippen molar-refractivity contribution in [3.8, 4) is 11.5 Å². The minimum absolute atomic E-state index is 0.122. The first-order valence-corrected chi connectivity index (χ1v) is 10.4. The number of nitrogens with zero attached hydrogens (tertiary/aromatic N) is 2. The molecule has 0 saturated carbocycles. The molecule has 0 saturated heterocycles. The molecular weight excluding hydrogens is 420 g/mol. The summed E-state index contributed by atoms with van der Waals surface area (Å²) in [6, 6.07) is 20.5. The Kier molecular flexibility index (Phi) is 5.88. The van der Waals surface area contributed by atoms with Gasteiger partial charge in [-0.3, -0.25) is 9.69 Å². The summed E-state index contributed by atoms with van der Waals surface area (Å²) in [6.45, 7) is 0. The van der Waals surface area contributed by atoms with Gasteiger partial charge < -0.3 is 9.47 Å². The van der Waals surface area contributed by atoms with E-state index in [0.717, 1.165) is 15.8 Å². The van der Waals surface area contributed by atoms with Gasteiger partial charge in [0, 0.05) is 5.02 Å². The molecule has 0 aliphatic rings. The quantitative estimate of drug-likeness (QED) is 0.377. The number of hydrogen-bond donors (Lipinski definition) is 0. The van der Waals surface area contributed by atoms with Crippen molar-refractivity contribution in [2.24, 2.45) is 0 Å². The van der Waals surface area contributed by atoms with Crippen LogP contribution in [0.15, 0.2) is 66.7 Å². The molecule has 0 aliphatic carbocycles. The highest BCUT2D eigenvalue weighted by Crippen LogP contribution is 2.35. The largest absolute Gasteiger partial charge is 0.493 e. The third kappa shape index (κ3) is 4.10. The molecule has 3 aromatic carbocycles. The van der Waals surface area contributed by atoms with E-state index in [1.807, 2.05) is 48.5 Å². The van der Waals surface area contributed by atoms with E-state index < -0.39 is 0 Å². The number of hydrogen-bond acceptors (Lipinski definition) is 5. The van der Waals surface area contributed by atoms with Crippen molar-refractivity contribution in [3.63, 3.8) is 0 Å². The van der Waals surface area contributed by atoms with Gasteiger partial charge in [-0.2, -0.15) is 0 Å². The van der Waals surface area contributed by atoms with Crippen LogP contribution in [-0.4, -0.2) is 25.1 Å². The zero-order valence-electron chi connectivity index (χ0n) is 16.5. The number of carbonyl (C=O) groups is 1. The van der Waals surface area contributed by atoms with Gasteiger partial charge in [-0.25, -0.2) is 4.98 Å². The number of rotatable bonds is 6. The van der Waals surface area contributed by atoms with Gasteiger partial charge in [0.2, 0.25) is 5.91 Å². The fourth-order valence-corrected chi connectivity index (χ4v) is 4.36. The zero-order chi connectivity index (χ0) is 21.1. The van der Waals surface area contributed by atoms with E-state index in [1.165, 1.54) is 11.3 Å². The number of amides is 1. The maximum absolute atomic E-state index is 13.4. The van der Waals surface area contributed by atoms with Gasteiger partial charge in [-0.1, -0.05) is 47.2 Å². The van der Waals surface area contributed by atoms with E-state index in [-0.39, 0.29) is 12.3 Å². The third-order valence-electron chi connectivity index (χ3n) is 4.59. The Morgan fingerprint density at radius 3 is 2.53 bits per heavy atom. The average Bonchev–Trinajstić information content (AvgIpc) is 3.17. The van der Waals surface area contributed by atoms with Crippen LogP contribution < -0.4 is 14.4 Å². The molecule has 1 aromatic heterocycles. The number of anilines is 2. The van der Waals surface area contributed by atoms with Gasteiger partial charge in [0.1, 0.15) is 0 Å². The molecule has 0 unspecified atom stereocenters. The summed E-state index contributed by atoms with van der Waals surface area (Å²) in [6.07, 6.45) is 0.169. The maximum Gasteiger partial charge on any atom is 0.237 e. The van der Waals surface area contributed by atoms with Gasteiger partial charge >= 0.3 is 0 Å². The van der Waals surface area contributed by atoms with E-state index in [9.17, 15) is 4.79 Å². The minimum Gasteiger partial charge on any atom is -0.493 e. The molecule has 1 heterocycles. The number of thiazole rings is 1. The van der Waals surface area contributed by atoms with Crippen molar-refractivity contribution in [2.45, 2.75) is 6.42 Å². The lowest BCUT2D eigenvalue weighted by molar-refractivity contribution is -0.117. The van der Waals surface area contributed by atoms with Gasteiger partial charge in [0.25, 0.3) is 0 Å². The van der Waals surface area contributed by atoms with Gasteiger partial charge in [0.15, 0.2) is 16.6 Å². The minimum atomic E-state index is -0.122. The maximum atomic E-state index is 13.4. The summed E-state index contributed by atoms with van der Waals surface area (Å²) in [5.74, 6) is 1.08. The molecule has 1 amide bonds. The van der Waals surface area contributed by atoms with Gasteiger partial charge in [-0.05, 0) is 48.0 Å². The molecule has 0 aliphatic heterocycles. The van der Waals surface area contributed by atoms with E-state index in [1.54, 1.807) is 37.3 Å². The molecule has 152 valence electrons. The van der Waals surface area contributed by atoms with Crippen LogP contribution >= 0.6 is 22.9 Å². The SMILES string of the molecule is COc1ccc(CC(=O)N(c2cccc(Cl)c2)c2nc3ccccc3s2)cc1OC. The molecule has 0 N–H and O–H groups in total. The van der Waals surface area contributed by atoms with Crippen molar-refractivity contribution in [3.05, 3.63) is 77.3 Å². The van der Waals surface area contributed by atoms with E-state index in [4.69, 9.17) is 21.1 Å². The number of benzene rings is 3. The van der Waals surface area contributed by atoms with Crippen molar-refractivity contribution >= 4 is 49.9 Å². The van der Waals surface area contributed by atoms with Gasteiger partial charge in [0.05, 0.1) is 36.5 Å². The molecule has 5 nitrogen and oxygen atoms in total. The number of halogens is 1. The van der Waals surface area contributed by atoms with Crippen LogP contribution in [0.4, 0.5) is 10.8 Å². The van der Waals surface area contributed by atoms with Crippen LogP contribution in [0.3, 0.4) is 0 Å². The highest BCUT2D eigenvalue weighted by molar-refractivity contribution is 7.22. The number of para-hydroxylation sites is 1. The highest BCUT2D eigenvalue weighted by atomic mass is 35.5. The predicted octanol–water partition coefficient (Wildman–Crippen LogP) is 5.87. The zero-order valence-corrected chi connectivity index (χ0v) is 18.0. The lowest BCUT2D eigenvalue weighted by Crippen LogP contribution is -2.27. The molecule has 30 heavy (non-hydrogen) atoms. The topological polar surface area (TPSA) is 51.7 Å². The van der Waals surface area contributed by atoms with Crippen molar-refractivity contribution in [1.82, 2.24) is 4.98 Å². The molecule has 0 fully saturated rings. The second kappa shape index (κ2) is 8.73. The second-order valence-corrected chi connectivity index (χ2v) is 7.98. The summed E-state index contributed by atoms with van der Waals surface area (Å²) < 4.78 is 11.7. The normalized spacial score (nSPS) is 10.8. The summed E-state index contributed by atoms with van der Waals surface area (Å²) in [5, 5.41) is 1.15. The molecule has 4 rings (SSSR count). The molecular formula is C23H19ClN2O3S. The lowest BCUT2D eigenvalue weighted by atomic mass is 10.1. The molecule has 0 bridgehead atoms. The first kappa shape index (κ1) is 20.2. The van der Waals surface area contributed by atoms with Crippen molar-refractivity contribution in [2.75, 3.05) is 19.1 Å². The first-order valence-electron chi connectivity index (χ1n) is 9.24. The summed E-state index contributed by atoms with van der Waals surface area (Å²) in [4.78, 5) is 19.7. The van der Waals surface area contributed by atoms with E-state index in [0.29, 0.717) is 27.3 Å². The third-order valence-corrected chi connectivity index (χ3v) is 5.85. The van der Waals surface area contributed by atoms with E-state index in [2.05, 4.69) is 4.98 Å². The fraction of sp³-hybridized carbons (Fsp3) is 0.130. The van der Waals surface area contributed by atoms with Crippen LogP contribution in [0.2, 0.25) is 5.02 Å². The molecule has 0 spiro atoms. The summed E-state index contributed by atoms with van der Waals surface area (Å²) in [7, 11) is 3.15. The molecule has 7 heteroatoms. The Bertz CT molecular complexity index is 1180. The smallest absolute Gasteiger partial charge is 0.237 e. The lowest BCUT2D eigenvalue weighted by Gasteiger charge is -2.20. The Hall–Kier alpha value is -3.09. The van der Waals surface area contributed by atoms with Crippen LogP contribution in [0.1, 0.15) is 5.56 Å². The number of fused-ring (bicyclic) bond motifs is 1. The number of carbonyl (C=O) groups excluding carboxylic acids is 1. The standard InChI is InChI=1S/C23H19ClN2O3S/c1-28-19-11-10-15(12-20(19)29-2)13-22(27)26(17-7-5-6-16(24)14-17)23-25-18-8-3-4-9-21(18)30-23/h3-12,14H,13H2,1-2H3. The number of ether oxygens (including phenoxy) is 2. The Morgan fingerprint density at radius 1 is 1.00 bits per heavy atom. The fourth-order valence-electron chi connectivity index (χ4n) is 3.18. The Morgan fingerprint density at radius 2 is 1.80 bits per heavy atom. The van der Waals surface area contributed by atoms with Gasteiger partial charge in [-0.15, -0.1) is 0 Å². The Labute approximate surface area is 183 Å². The molecule has 4 aromatic rings. The monoisotopic (exact) mass is 438 g/mol. The highest BCUT2D eigenvalue weighted by Gasteiger charge is 2.23. The van der Waals surface area contributed by atoms with E-state index >= 15 is 0 Å². The molecule has 0 radical (unpaired) electrons. The van der Waals surface area contributed by atoms with Crippen LogP contribution in [0.25, 0.3) is 10.2 Å². The Balaban J connectivity index is 1.73. The second-order valence-electron chi connectivity index (χ2n) is 6.54. The summed E-state index contributed by atoms with van der Waals surface area (Å²) in [5.41, 5.74) is 2.33. The first-order chi connectivity index (χ1) is 14.6.